The lowest BCUT2D eigenvalue weighted by atomic mass is 10.1. The van der Waals surface area contributed by atoms with Crippen molar-refractivity contribution in [3.8, 4) is 0 Å². The topological polar surface area (TPSA) is 122 Å². The molecule has 2 aromatic carbocycles. The number of nitrogens with one attached hydrogen (secondary N) is 2. The number of nitro benzene ring substituents is 1. The van der Waals surface area contributed by atoms with Crippen LogP contribution in [-0.4, -0.2) is 49.3 Å². The highest BCUT2D eigenvalue weighted by Crippen LogP contribution is 2.30. The predicted molar refractivity (Wildman–Crippen MR) is 111 cm³/mol. The van der Waals surface area contributed by atoms with Gasteiger partial charge in [0.15, 0.2) is 0 Å². The van der Waals surface area contributed by atoms with Gasteiger partial charge in [0.1, 0.15) is 0 Å². The molecular formula is C20H22N4O5S. The fourth-order valence-corrected chi connectivity index (χ4v) is 4.71. The maximum absolute atomic E-state index is 12.5. The first kappa shape index (κ1) is 20.3. The summed E-state index contributed by atoms with van der Waals surface area (Å²) in [5.74, 6) is -0.189. The maximum Gasteiger partial charge on any atom is 0.270 e. The molecule has 4 rings (SSSR count). The number of hydrogen-bond donors (Lipinski definition) is 2. The molecule has 30 heavy (non-hydrogen) atoms. The number of nitrogens with zero attached hydrogens (tertiary/aromatic N) is 2. The Labute approximate surface area is 174 Å². The predicted octanol–water partition coefficient (Wildman–Crippen LogP) is 2.36. The zero-order chi connectivity index (χ0) is 21.3. The van der Waals surface area contributed by atoms with Crippen LogP contribution in [0.15, 0.2) is 53.4 Å². The summed E-state index contributed by atoms with van der Waals surface area (Å²) in [7, 11) is -3.99. The van der Waals surface area contributed by atoms with Crippen LogP contribution >= 0.6 is 0 Å². The average molecular weight is 430 g/mol. The SMILES string of the molecule is O=C(NC1CCN(C2CC2)C1)c1ccc(NS(=O)(=O)c2cccc([N+](=O)[O-])c2)cc1. The minimum atomic E-state index is -3.99. The van der Waals surface area contributed by atoms with Gasteiger partial charge in [0.25, 0.3) is 21.6 Å². The zero-order valence-corrected chi connectivity index (χ0v) is 17.0. The van der Waals surface area contributed by atoms with Gasteiger partial charge in [0.2, 0.25) is 0 Å². The first-order valence-corrected chi connectivity index (χ1v) is 11.2. The summed E-state index contributed by atoms with van der Waals surface area (Å²) in [6, 6.07) is 11.7. The molecule has 2 fully saturated rings. The molecule has 1 aliphatic heterocycles. The average Bonchev–Trinajstić information content (AvgIpc) is 3.47. The molecule has 2 aliphatic rings. The van der Waals surface area contributed by atoms with Gasteiger partial charge >= 0.3 is 0 Å². The molecule has 1 saturated heterocycles. The lowest BCUT2D eigenvalue weighted by molar-refractivity contribution is -0.385. The summed E-state index contributed by atoms with van der Waals surface area (Å²) in [4.78, 5) is 24.9. The van der Waals surface area contributed by atoms with Crippen molar-refractivity contribution in [2.24, 2.45) is 0 Å². The molecule has 0 bridgehead atoms. The maximum atomic E-state index is 12.5. The minimum absolute atomic E-state index is 0.130. The molecule has 158 valence electrons. The zero-order valence-electron chi connectivity index (χ0n) is 16.2. The van der Waals surface area contributed by atoms with E-state index in [4.69, 9.17) is 0 Å². The second kappa shape index (κ2) is 8.04. The van der Waals surface area contributed by atoms with Crippen molar-refractivity contribution in [2.45, 2.75) is 36.2 Å². The number of anilines is 1. The number of carbonyl (C=O) groups is 1. The molecule has 1 unspecified atom stereocenters. The fourth-order valence-electron chi connectivity index (χ4n) is 3.61. The molecule has 1 amide bonds. The summed E-state index contributed by atoms with van der Waals surface area (Å²) in [6.45, 7) is 1.88. The first-order chi connectivity index (χ1) is 14.3. The van der Waals surface area contributed by atoms with E-state index in [1.165, 1.54) is 43.2 Å². The number of carbonyl (C=O) groups excluding carboxylic acids is 1. The third-order valence-corrected chi connectivity index (χ3v) is 6.74. The van der Waals surface area contributed by atoms with Gasteiger partial charge in [-0.25, -0.2) is 8.42 Å². The van der Waals surface area contributed by atoms with Gasteiger partial charge in [-0.3, -0.25) is 24.5 Å². The number of benzene rings is 2. The summed E-state index contributed by atoms with van der Waals surface area (Å²) in [6.07, 6.45) is 3.42. The summed E-state index contributed by atoms with van der Waals surface area (Å²) < 4.78 is 27.4. The Morgan fingerprint density at radius 3 is 2.50 bits per heavy atom. The number of hydrogen-bond acceptors (Lipinski definition) is 6. The number of nitro groups is 1. The molecule has 2 N–H and O–H groups in total. The number of likely N-dealkylation sites (tertiary alicyclic amines) is 1. The van der Waals surface area contributed by atoms with Gasteiger partial charge in [-0.05, 0) is 49.6 Å². The number of rotatable bonds is 7. The molecule has 0 spiro atoms. The Kier molecular flexibility index (Phi) is 5.44. The van der Waals surface area contributed by atoms with Crippen molar-refractivity contribution in [2.75, 3.05) is 17.8 Å². The summed E-state index contributed by atoms with van der Waals surface area (Å²) in [5, 5.41) is 13.9. The first-order valence-electron chi connectivity index (χ1n) is 9.74. The fraction of sp³-hybridized carbons (Fsp3) is 0.350. The minimum Gasteiger partial charge on any atom is -0.348 e. The third kappa shape index (κ3) is 4.60. The van der Waals surface area contributed by atoms with E-state index in [1.54, 1.807) is 12.1 Å². The van der Waals surface area contributed by atoms with Crippen LogP contribution in [0, 0.1) is 10.1 Å². The third-order valence-electron chi connectivity index (χ3n) is 5.36. The number of non-ortho nitro benzene ring substituents is 1. The molecular weight excluding hydrogens is 408 g/mol. The van der Waals surface area contributed by atoms with Gasteiger partial charge in [0.05, 0.1) is 9.82 Å². The standard InChI is InChI=1S/C20H22N4O5S/c25-20(21-16-10-11-23(13-16)17-8-9-17)14-4-6-15(7-5-14)22-30(28,29)19-3-1-2-18(12-19)24(26)27/h1-7,12,16-17,22H,8-11,13H2,(H,21,25). The van der Waals surface area contributed by atoms with Gasteiger partial charge in [-0.1, -0.05) is 6.07 Å². The van der Waals surface area contributed by atoms with Crippen LogP contribution in [0.4, 0.5) is 11.4 Å². The molecule has 9 nitrogen and oxygen atoms in total. The van der Waals surface area contributed by atoms with Crippen molar-refractivity contribution in [1.82, 2.24) is 10.2 Å². The Bertz CT molecular complexity index is 1070. The van der Waals surface area contributed by atoms with E-state index < -0.39 is 14.9 Å². The smallest absolute Gasteiger partial charge is 0.270 e. The second-order valence-corrected chi connectivity index (χ2v) is 9.30. The van der Waals surface area contributed by atoms with E-state index >= 15 is 0 Å². The molecule has 1 atom stereocenters. The molecule has 1 heterocycles. The Hall–Kier alpha value is -2.98. The lowest BCUT2D eigenvalue weighted by Gasteiger charge is -2.16. The highest BCUT2D eigenvalue weighted by Gasteiger charge is 2.34. The number of sulfonamides is 1. The van der Waals surface area contributed by atoms with Crippen LogP contribution in [0.25, 0.3) is 0 Å². The van der Waals surface area contributed by atoms with Crippen molar-refractivity contribution in [3.63, 3.8) is 0 Å². The summed E-state index contributed by atoms with van der Waals surface area (Å²) in [5.41, 5.74) is 0.397. The second-order valence-electron chi connectivity index (χ2n) is 7.62. The Balaban J connectivity index is 1.38. The molecule has 2 aromatic rings. The molecule has 0 aromatic heterocycles. The Morgan fingerprint density at radius 1 is 1.10 bits per heavy atom. The molecule has 1 saturated carbocycles. The van der Waals surface area contributed by atoms with Gasteiger partial charge in [-0.2, -0.15) is 0 Å². The monoisotopic (exact) mass is 430 g/mol. The van der Waals surface area contributed by atoms with Crippen LogP contribution in [0.1, 0.15) is 29.6 Å². The molecule has 10 heteroatoms. The van der Waals surface area contributed by atoms with Crippen LogP contribution in [0.5, 0.6) is 0 Å². The quantitative estimate of drug-likeness (QED) is 0.514. The summed E-state index contributed by atoms with van der Waals surface area (Å²) >= 11 is 0. The van der Waals surface area contributed by atoms with Crippen molar-refractivity contribution in [1.29, 1.82) is 0 Å². The number of amides is 1. The van der Waals surface area contributed by atoms with E-state index in [1.807, 2.05) is 0 Å². The van der Waals surface area contributed by atoms with Gasteiger partial charge < -0.3 is 5.32 Å². The van der Waals surface area contributed by atoms with Crippen LogP contribution < -0.4 is 10.0 Å². The largest absolute Gasteiger partial charge is 0.348 e. The van der Waals surface area contributed by atoms with Gasteiger partial charge in [0, 0.05) is 48.6 Å². The van der Waals surface area contributed by atoms with Crippen LogP contribution in [0.2, 0.25) is 0 Å². The van der Waals surface area contributed by atoms with E-state index in [0.29, 0.717) is 11.6 Å². The van der Waals surface area contributed by atoms with E-state index in [2.05, 4.69) is 14.9 Å². The van der Waals surface area contributed by atoms with Crippen molar-refractivity contribution < 1.29 is 18.1 Å². The normalized spacial score (nSPS) is 19.4. The molecule has 0 radical (unpaired) electrons. The van der Waals surface area contributed by atoms with Crippen LogP contribution in [-0.2, 0) is 10.0 Å². The van der Waals surface area contributed by atoms with E-state index in [9.17, 15) is 23.3 Å². The van der Waals surface area contributed by atoms with Crippen molar-refractivity contribution >= 4 is 27.3 Å². The molecule has 1 aliphatic carbocycles. The Morgan fingerprint density at radius 2 is 1.83 bits per heavy atom. The van der Waals surface area contributed by atoms with Crippen LogP contribution in [0.3, 0.4) is 0 Å². The van der Waals surface area contributed by atoms with E-state index in [-0.39, 0.29) is 28.2 Å². The van der Waals surface area contributed by atoms with Crippen molar-refractivity contribution in [3.05, 3.63) is 64.2 Å². The van der Waals surface area contributed by atoms with Gasteiger partial charge in [-0.15, -0.1) is 0 Å². The van der Waals surface area contributed by atoms with E-state index in [0.717, 1.165) is 25.6 Å². The lowest BCUT2D eigenvalue weighted by Crippen LogP contribution is -2.37. The highest BCUT2D eigenvalue weighted by atomic mass is 32.2. The highest BCUT2D eigenvalue weighted by molar-refractivity contribution is 7.92.